The molecular weight excluding hydrogens is 250 g/mol. The third kappa shape index (κ3) is 1.92. The number of hydrogen-bond acceptors (Lipinski definition) is 4. The van der Waals surface area contributed by atoms with Gasteiger partial charge in [-0.3, -0.25) is 4.40 Å². The second-order valence-corrected chi connectivity index (χ2v) is 5.15. The Kier molecular flexibility index (Phi) is 3.07. The number of aromatic nitrogens is 4. The summed E-state index contributed by atoms with van der Waals surface area (Å²) in [5.74, 6) is 3.24. The van der Waals surface area contributed by atoms with Crippen molar-refractivity contribution in [3.05, 3.63) is 18.2 Å². The molecule has 0 radical (unpaired) electrons. The first kappa shape index (κ1) is 11.7. The van der Waals surface area contributed by atoms with Crippen molar-refractivity contribution < 1.29 is 0 Å². The van der Waals surface area contributed by atoms with Crippen LogP contribution >= 0.6 is 11.6 Å². The number of halogens is 1. The van der Waals surface area contributed by atoms with E-state index in [9.17, 15) is 0 Å². The fourth-order valence-electron chi connectivity index (χ4n) is 2.57. The van der Waals surface area contributed by atoms with E-state index in [1.54, 1.807) is 0 Å². The van der Waals surface area contributed by atoms with Crippen LogP contribution in [0.4, 0.5) is 5.82 Å². The lowest BCUT2D eigenvalue weighted by Gasteiger charge is -2.17. The van der Waals surface area contributed by atoms with Crippen LogP contribution in [0, 0.1) is 12.8 Å². The highest BCUT2D eigenvalue weighted by Gasteiger charge is 2.25. The zero-order valence-corrected chi connectivity index (χ0v) is 11.1. The molecule has 1 atom stereocenters. The number of nitrogens with zero attached hydrogens (tertiary/aromatic N) is 5. The summed E-state index contributed by atoms with van der Waals surface area (Å²) in [4.78, 5) is 6.76. The van der Waals surface area contributed by atoms with Gasteiger partial charge >= 0.3 is 0 Å². The summed E-state index contributed by atoms with van der Waals surface area (Å²) in [6, 6.07) is 0. The molecule has 0 aromatic carbocycles. The zero-order valence-electron chi connectivity index (χ0n) is 10.4. The topological polar surface area (TPSA) is 46.3 Å². The molecule has 0 spiro atoms. The van der Waals surface area contributed by atoms with Gasteiger partial charge in [0.15, 0.2) is 5.82 Å². The van der Waals surface area contributed by atoms with E-state index in [1.807, 2.05) is 23.7 Å². The lowest BCUT2D eigenvalue weighted by atomic mass is 10.1. The average Bonchev–Trinajstić information content (AvgIpc) is 2.98. The highest BCUT2D eigenvalue weighted by Crippen LogP contribution is 2.26. The first-order valence-corrected chi connectivity index (χ1v) is 6.80. The molecule has 1 saturated heterocycles. The number of hydrogen-bond donors (Lipinski definition) is 0. The molecule has 96 valence electrons. The third-order valence-electron chi connectivity index (χ3n) is 3.58. The molecule has 3 rings (SSSR count). The fraction of sp³-hybridized carbons (Fsp3) is 0.583. The summed E-state index contributed by atoms with van der Waals surface area (Å²) in [5.41, 5.74) is 0.849. The highest BCUT2D eigenvalue weighted by molar-refractivity contribution is 6.17. The number of anilines is 1. The minimum absolute atomic E-state index is 0.675. The van der Waals surface area contributed by atoms with Crippen LogP contribution in [0.15, 0.2) is 12.4 Å². The van der Waals surface area contributed by atoms with Crippen LogP contribution in [0.1, 0.15) is 18.7 Å². The molecule has 1 aliphatic rings. The Morgan fingerprint density at radius 3 is 3.17 bits per heavy atom. The SMILES string of the molecule is Cc1nnc2c(N3CCC(CCCl)C3)nccn12. The predicted octanol–water partition coefficient (Wildman–Crippen LogP) is 1.89. The predicted molar refractivity (Wildman–Crippen MR) is 71.2 cm³/mol. The quantitative estimate of drug-likeness (QED) is 0.795. The molecule has 1 fully saturated rings. The standard InChI is InChI=1S/C12H16ClN5/c1-9-15-16-12-11(14-5-7-18(9)12)17-6-3-10(8-17)2-4-13/h5,7,10H,2-4,6,8H2,1H3. The minimum Gasteiger partial charge on any atom is -0.353 e. The van der Waals surface area contributed by atoms with Gasteiger partial charge in [-0.1, -0.05) is 0 Å². The summed E-state index contributed by atoms with van der Waals surface area (Å²) < 4.78 is 1.98. The molecule has 5 nitrogen and oxygen atoms in total. The minimum atomic E-state index is 0.675. The lowest BCUT2D eigenvalue weighted by molar-refractivity contribution is 0.572. The summed E-state index contributed by atoms with van der Waals surface area (Å²) >= 11 is 5.81. The number of aryl methyl sites for hydroxylation is 1. The van der Waals surface area contributed by atoms with Gasteiger partial charge in [0.2, 0.25) is 5.65 Å². The van der Waals surface area contributed by atoms with Gasteiger partial charge in [-0.15, -0.1) is 21.8 Å². The Labute approximate surface area is 111 Å². The largest absolute Gasteiger partial charge is 0.353 e. The Morgan fingerprint density at radius 1 is 1.44 bits per heavy atom. The Hall–Kier alpha value is -1.36. The van der Waals surface area contributed by atoms with Gasteiger partial charge in [0.1, 0.15) is 5.82 Å². The van der Waals surface area contributed by atoms with E-state index in [1.165, 1.54) is 6.42 Å². The second-order valence-electron chi connectivity index (χ2n) is 4.77. The van der Waals surface area contributed by atoms with Crippen molar-refractivity contribution in [2.45, 2.75) is 19.8 Å². The van der Waals surface area contributed by atoms with Crippen LogP contribution in [-0.2, 0) is 0 Å². The third-order valence-corrected chi connectivity index (χ3v) is 3.80. The van der Waals surface area contributed by atoms with Gasteiger partial charge < -0.3 is 4.90 Å². The van der Waals surface area contributed by atoms with Crippen molar-refractivity contribution in [3.8, 4) is 0 Å². The normalized spacial score (nSPS) is 19.9. The highest BCUT2D eigenvalue weighted by atomic mass is 35.5. The molecule has 0 saturated carbocycles. The molecule has 1 aliphatic heterocycles. The smallest absolute Gasteiger partial charge is 0.203 e. The van der Waals surface area contributed by atoms with E-state index in [0.717, 1.165) is 42.7 Å². The molecule has 2 aromatic rings. The molecule has 0 N–H and O–H groups in total. The maximum Gasteiger partial charge on any atom is 0.203 e. The van der Waals surface area contributed by atoms with Crippen molar-refractivity contribution in [2.24, 2.45) is 5.92 Å². The van der Waals surface area contributed by atoms with Crippen LogP contribution in [0.2, 0.25) is 0 Å². The van der Waals surface area contributed by atoms with Gasteiger partial charge in [-0.05, 0) is 25.7 Å². The molecule has 6 heteroatoms. The zero-order chi connectivity index (χ0) is 12.5. The number of rotatable bonds is 3. The number of fused-ring (bicyclic) bond motifs is 1. The molecule has 3 heterocycles. The van der Waals surface area contributed by atoms with Gasteiger partial charge in [0.05, 0.1) is 0 Å². The van der Waals surface area contributed by atoms with Crippen LogP contribution in [0.5, 0.6) is 0 Å². The van der Waals surface area contributed by atoms with E-state index in [0.29, 0.717) is 5.92 Å². The second kappa shape index (κ2) is 4.72. The molecule has 0 amide bonds. The molecule has 0 bridgehead atoms. The maximum atomic E-state index is 5.81. The first-order chi connectivity index (χ1) is 8.79. The number of alkyl halides is 1. The lowest BCUT2D eigenvalue weighted by Crippen LogP contribution is -2.21. The summed E-state index contributed by atoms with van der Waals surface area (Å²) in [6.07, 6.45) is 5.98. The Balaban J connectivity index is 1.91. The Morgan fingerprint density at radius 2 is 2.33 bits per heavy atom. The summed E-state index contributed by atoms with van der Waals surface area (Å²) in [5, 5.41) is 8.32. The van der Waals surface area contributed by atoms with Crippen LogP contribution in [0.3, 0.4) is 0 Å². The van der Waals surface area contributed by atoms with Crippen molar-refractivity contribution in [3.63, 3.8) is 0 Å². The average molecular weight is 266 g/mol. The monoisotopic (exact) mass is 265 g/mol. The van der Waals surface area contributed by atoms with Crippen molar-refractivity contribution in [1.29, 1.82) is 0 Å². The molecule has 1 unspecified atom stereocenters. The van der Waals surface area contributed by atoms with Gasteiger partial charge in [0, 0.05) is 31.4 Å². The van der Waals surface area contributed by atoms with E-state index >= 15 is 0 Å². The van der Waals surface area contributed by atoms with Crippen molar-refractivity contribution >= 4 is 23.1 Å². The first-order valence-electron chi connectivity index (χ1n) is 6.27. The van der Waals surface area contributed by atoms with E-state index in [2.05, 4.69) is 20.1 Å². The molecule has 2 aromatic heterocycles. The summed E-state index contributed by atoms with van der Waals surface area (Å²) in [7, 11) is 0. The van der Waals surface area contributed by atoms with E-state index in [4.69, 9.17) is 11.6 Å². The van der Waals surface area contributed by atoms with Crippen molar-refractivity contribution in [1.82, 2.24) is 19.6 Å². The van der Waals surface area contributed by atoms with E-state index in [-0.39, 0.29) is 0 Å². The van der Waals surface area contributed by atoms with E-state index < -0.39 is 0 Å². The van der Waals surface area contributed by atoms with Crippen LogP contribution < -0.4 is 4.90 Å². The molecule has 18 heavy (non-hydrogen) atoms. The van der Waals surface area contributed by atoms with Crippen molar-refractivity contribution in [2.75, 3.05) is 23.9 Å². The van der Waals surface area contributed by atoms with Crippen LogP contribution in [0.25, 0.3) is 5.65 Å². The maximum absolute atomic E-state index is 5.81. The molecular formula is C12H16ClN5. The van der Waals surface area contributed by atoms with Gasteiger partial charge in [0.25, 0.3) is 0 Å². The van der Waals surface area contributed by atoms with Gasteiger partial charge in [-0.25, -0.2) is 4.98 Å². The fourth-order valence-corrected chi connectivity index (χ4v) is 2.88. The summed E-state index contributed by atoms with van der Waals surface area (Å²) in [6.45, 7) is 4.00. The van der Waals surface area contributed by atoms with Gasteiger partial charge in [-0.2, -0.15) is 0 Å². The van der Waals surface area contributed by atoms with Crippen LogP contribution in [-0.4, -0.2) is 38.6 Å². The Bertz CT molecular complexity index is 552. The molecule has 0 aliphatic carbocycles.